The van der Waals surface area contributed by atoms with Crippen LogP contribution in [0.3, 0.4) is 0 Å². The highest BCUT2D eigenvalue weighted by atomic mass is 16.5. The Morgan fingerprint density at radius 2 is 2.32 bits per heavy atom. The summed E-state index contributed by atoms with van der Waals surface area (Å²) in [6.45, 7) is 3.84. The zero-order valence-electron chi connectivity index (χ0n) is 11.9. The van der Waals surface area contributed by atoms with E-state index in [0.29, 0.717) is 6.61 Å². The van der Waals surface area contributed by atoms with Gasteiger partial charge >= 0.3 is 0 Å². The average molecular weight is 263 g/mol. The van der Waals surface area contributed by atoms with Crippen molar-refractivity contribution in [1.82, 2.24) is 5.32 Å². The molecular formula is C16H25NO2. The smallest absolute Gasteiger partial charge is 0.0943 e. The van der Waals surface area contributed by atoms with E-state index in [9.17, 15) is 5.11 Å². The topological polar surface area (TPSA) is 41.5 Å². The minimum atomic E-state index is -0.425. The molecule has 1 aromatic carbocycles. The molecule has 0 bridgehead atoms. The molecule has 1 aromatic rings. The number of hydrogen-bond acceptors (Lipinski definition) is 3. The normalized spacial score (nSPS) is 25.2. The molecule has 1 aliphatic heterocycles. The third-order valence-electron chi connectivity index (χ3n) is 4.11. The van der Waals surface area contributed by atoms with Gasteiger partial charge in [-0.05, 0) is 36.4 Å². The number of methoxy groups -OCH3 is 1. The first kappa shape index (κ1) is 14.5. The first-order valence-electron chi connectivity index (χ1n) is 7.23. The monoisotopic (exact) mass is 263 g/mol. The molecule has 2 N–H and O–H groups in total. The summed E-state index contributed by atoms with van der Waals surface area (Å²) in [5, 5.41) is 14.0. The van der Waals surface area contributed by atoms with E-state index in [4.69, 9.17) is 4.74 Å². The van der Waals surface area contributed by atoms with Gasteiger partial charge in [-0.1, -0.05) is 37.6 Å². The Bertz CT molecular complexity index is 394. The van der Waals surface area contributed by atoms with Crippen LogP contribution in [0.1, 0.15) is 43.4 Å². The molecule has 3 unspecified atom stereocenters. The Morgan fingerprint density at radius 3 is 3.05 bits per heavy atom. The maximum atomic E-state index is 10.5. The first-order chi connectivity index (χ1) is 9.24. The Hall–Kier alpha value is -0.900. The summed E-state index contributed by atoms with van der Waals surface area (Å²) >= 11 is 0. The van der Waals surface area contributed by atoms with Crippen molar-refractivity contribution < 1.29 is 9.84 Å². The number of aliphatic hydroxyl groups is 1. The minimum absolute atomic E-state index is 0.177. The second kappa shape index (κ2) is 7.04. The molecule has 106 valence electrons. The van der Waals surface area contributed by atoms with E-state index < -0.39 is 6.10 Å². The number of hydrogen-bond donors (Lipinski definition) is 2. The van der Waals surface area contributed by atoms with Gasteiger partial charge in [0, 0.05) is 13.2 Å². The number of piperidine rings is 1. The standard InChI is InChI=1S/C16H25NO2/c1-3-12-7-8-17-15(10-12)16(18)14-6-4-5-13(9-14)11-19-2/h4-6,9,12,15-18H,3,7-8,10-11H2,1-2H3. The molecule has 0 aromatic heterocycles. The van der Waals surface area contributed by atoms with Crippen LogP contribution in [-0.4, -0.2) is 24.8 Å². The fourth-order valence-electron chi connectivity index (χ4n) is 2.91. The third-order valence-corrected chi connectivity index (χ3v) is 4.11. The van der Waals surface area contributed by atoms with Crippen molar-refractivity contribution in [3.05, 3.63) is 35.4 Å². The Kier molecular flexibility index (Phi) is 5.37. The molecule has 19 heavy (non-hydrogen) atoms. The SMILES string of the molecule is CCC1CCNC(C(O)c2cccc(COC)c2)C1. The number of ether oxygens (including phenoxy) is 1. The predicted octanol–water partition coefficient (Wildman–Crippen LogP) is 2.64. The van der Waals surface area contributed by atoms with Gasteiger partial charge in [-0.3, -0.25) is 0 Å². The lowest BCUT2D eigenvalue weighted by atomic mass is 9.86. The lowest BCUT2D eigenvalue weighted by Gasteiger charge is -2.33. The summed E-state index contributed by atoms with van der Waals surface area (Å²) in [6, 6.07) is 8.25. The van der Waals surface area contributed by atoms with Crippen molar-refractivity contribution in [1.29, 1.82) is 0 Å². The second-order valence-corrected chi connectivity index (χ2v) is 5.48. The van der Waals surface area contributed by atoms with Crippen molar-refractivity contribution in [3.63, 3.8) is 0 Å². The maximum absolute atomic E-state index is 10.5. The number of rotatable bonds is 5. The Balaban J connectivity index is 2.05. The van der Waals surface area contributed by atoms with Crippen molar-refractivity contribution in [2.75, 3.05) is 13.7 Å². The molecule has 0 radical (unpaired) electrons. The Morgan fingerprint density at radius 1 is 1.47 bits per heavy atom. The molecule has 2 rings (SSSR count). The molecule has 3 nitrogen and oxygen atoms in total. The van der Waals surface area contributed by atoms with Gasteiger partial charge < -0.3 is 15.2 Å². The molecule has 1 heterocycles. The summed E-state index contributed by atoms with van der Waals surface area (Å²) in [5.74, 6) is 0.739. The van der Waals surface area contributed by atoms with E-state index in [1.807, 2.05) is 24.3 Å². The number of benzene rings is 1. The Labute approximate surface area is 116 Å². The van der Waals surface area contributed by atoms with Crippen molar-refractivity contribution in [2.45, 2.75) is 44.9 Å². The molecule has 1 fully saturated rings. The average Bonchev–Trinajstić information content (AvgIpc) is 2.47. The van der Waals surface area contributed by atoms with Crippen molar-refractivity contribution in [2.24, 2.45) is 5.92 Å². The summed E-state index contributed by atoms with van der Waals surface area (Å²) in [6.07, 6.45) is 3.07. The highest BCUT2D eigenvalue weighted by Gasteiger charge is 2.27. The van der Waals surface area contributed by atoms with Gasteiger partial charge in [-0.25, -0.2) is 0 Å². The van der Waals surface area contributed by atoms with Gasteiger partial charge in [-0.2, -0.15) is 0 Å². The fraction of sp³-hybridized carbons (Fsp3) is 0.625. The van der Waals surface area contributed by atoms with E-state index >= 15 is 0 Å². The van der Waals surface area contributed by atoms with Gasteiger partial charge in [0.25, 0.3) is 0 Å². The van der Waals surface area contributed by atoms with E-state index in [1.54, 1.807) is 7.11 Å². The molecule has 3 atom stereocenters. The molecule has 0 aliphatic carbocycles. The molecule has 1 saturated heterocycles. The molecule has 0 spiro atoms. The van der Waals surface area contributed by atoms with E-state index in [-0.39, 0.29) is 6.04 Å². The fourth-order valence-corrected chi connectivity index (χ4v) is 2.91. The zero-order valence-corrected chi connectivity index (χ0v) is 11.9. The van der Waals surface area contributed by atoms with Gasteiger partial charge in [-0.15, -0.1) is 0 Å². The maximum Gasteiger partial charge on any atom is 0.0943 e. The van der Waals surface area contributed by atoms with Gasteiger partial charge in [0.2, 0.25) is 0 Å². The van der Waals surface area contributed by atoms with Crippen LogP contribution in [0.4, 0.5) is 0 Å². The van der Waals surface area contributed by atoms with Crippen LogP contribution in [0.15, 0.2) is 24.3 Å². The summed E-state index contributed by atoms with van der Waals surface area (Å²) < 4.78 is 5.15. The first-order valence-corrected chi connectivity index (χ1v) is 7.23. The zero-order chi connectivity index (χ0) is 13.7. The van der Waals surface area contributed by atoms with E-state index in [2.05, 4.69) is 12.2 Å². The van der Waals surface area contributed by atoms with Crippen LogP contribution in [0.5, 0.6) is 0 Å². The molecule has 0 amide bonds. The largest absolute Gasteiger partial charge is 0.387 e. The van der Waals surface area contributed by atoms with Crippen molar-refractivity contribution >= 4 is 0 Å². The van der Waals surface area contributed by atoms with Crippen LogP contribution in [0.25, 0.3) is 0 Å². The summed E-state index contributed by atoms with van der Waals surface area (Å²) in [5.41, 5.74) is 2.10. The van der Waals surface area contributed by atoms with Crippen LogP contribution < -0.4 is 5.32 Å². The lowest BCUT2D eigenvalue weighted by Crippen LogP contribution is -2.42. The van der Waals surface area contributed by atoms with E-state index in [1.165, 1.54) is 12.8 Å². The number of nitrogens with one attached hydrogen (secondary N) is 1. The highest BCUT2D eigenvalue weighted by Crippen LogP contribution is 2.28. The molecule has 1 aliphatic rings. The summed E-state index contributed by atoms with van der Waals surface area (Å²) in [4.78, 5) is 0. The quantitative estimate of drug-likeness (QED) is 0.858. The van der Waals surface area contributed by atoms with Crippen LogP contribution >= 0.6 is 0 Å². The molecule has 0 saturated carbocycles. The summed E-state index contributed by atoms with van der Waals surface area (Å²) in [7, 11) is 1.69. The minimum Gasteiger partial charge on any atom is -0.387 e. The van der Waals surface area contributed by atoms with E-state index in [0.717, 1.165) is 30.0 Å². The predicted molar refractivity (Wildman–Crippen MR) is 76.9 cm³/mol. The van der Waals surface area contributed by atoms with Crippen LogP contribution in [0.2, 0.25) is 0 Å². The third kappa shape index (κ3) is 3.78. The molecular weight excluding hydrogens is 238 g/mol. The van der Waals surface area contributed by atoms with Gasteiger partial charge in [0.15, 0.2) is 0 Å². The number of aliphatic hydroxyl groups excluding tert-OH is 1. The van der Waals surface area contributed by atoms with Crippen LogP contribution in [-0.2, 0) is 11.3 Å². The van der Waals surface area contributed by atoms with Crippen molar-refractivity contribution in [3.8, 4) is 0 Å². The van der Waals surface area contributed by atoms with Crippen LogP contribution in [0, 0.1) is 5.92 Å². The second-order valence-electron chi connectivity index (χ2n) is 5.48. The molecule has 3 heteroatoms. The lowest BCUT2D eigenvalue weighted by molar-refractivity contribution is 0.0976. The highest BCUT2D eigenvalue weighted by molar-refractivity contribution is 5.26. The van der Waals surface area contributed by atoms with Gasteiger partial charge in [0.05, 0.1) is 12.7 Å². The van der Waals surface area contributed by atoms with Gasteiger partial charge in [0.1, 0.15) is 0 Å².